The Balaban J connectivity index is 1.94. The first-order valence-electron chi connectivity index (χ1n) is 6.15. The molecule has 0 bridgehead atoms. The lowest BCUT2D eigenvalue weighted by Gasteiger charge is -2.29. The minimum absolute atomic E-state index is 0.0979. The summed E-state index contributed by atoms with van der Waals surface area (Å²) in [5.41, 5.74) is 7.25. The number of hydrogen-bond donors (Lipinski definition) is 2. The molecule has 1 unspecified atom stereocenters. The second-order valence-electron chi connectivity index (χ2n) is 4.43. The van der Waals surface area contributed by atoms with Crippen LogP contribution in [-0.4, -0.2) is 43.2 Å². The molecule has 1 aliphatic rings. The molecule has 1 fully saturated rings. The van der Waals surface area contributed by atoms with E-state index in [2.05, 4.69) is 5.32 Å². The van der Waals surface area contributed by atoms with Gasteiger partial charge in [0.15, 0.2) is 0 Å². The molecule has 1 amide bonds. The van der Waals surface area contributed by atoms with Crippen LogP contribution in [0.2, 0.25) is 0 Å². The molecule has 1 aromatic carbocycles. The smallest absolute Gasteiger partial charge is 0.244 e. The minimum atomic E-state index is -0.259. The van der Waals surface area contributed by atoms with Crippen LogP contribution >= 0.6 is 0 Å². The first-order chi connectivity index (χ1) is 8.66. The number of nitrogen functional groups attached to an aromatic ring is 1. The van der Waals surface area contributed by atoms with Crippen LogP contribution in [0.1, 0.15) is 6.92 Å². The van der Waals surface area contributed by atoms with Gasteiger partial charge in [0.1, 0.15) is 6.04 Å². The number of nitrogens with zero attached hydrogens (tertiary/aromatic N) is 1. The van der Waals surface area contributed by atoms with Gasteiger partial charge in [-0.1, -0.05) is 6.07 Å². The fourth-order valence-corrected chi connectivity index (χ4v) is 2.00. The Labute approximate surface area is 107 Å². The molecule has 0 radical (unpaired) electrons. The van der Waals surface area contributed by atoms with Crippen molar-refractivity contribution < 1.29 is 9.53 Å². The highest BCUT2D eigenvalue weighted by Gasteiger charge is 2.22. The Bertz CT molecular complexity index is 416. The number of ether oxygens (including phenoxy) is 1. The first kappa shape index (κ1) is 12.7. The maximum atomic E-state index is 12.2. The molecular formula is C13H19N3O2. The Morgan fingerprint density at radius 3 is 2.83 bits per heavy atom. The summed E-state index contributed by atoms with van der Waals surface area (Å²) >= 11 is 0. The number of rotatable bonds is 3. The minimum Gasteiger partial charge on any atom is -0.399 e. The molecule has 1 heterocycles. The van der Waals surface area contributed by atoms with Crippen LogP contribution in [0.4, 0.5) is 11.4 Å². The van der Waals surface area contributed by atoms with Gasteiger partial charge in [0.25, 0.3) is 0 Å². The highest BCUT2D eigenvalue weighted by molar-refractivity contribution is 5.84. The number of amides is 1. The average molecular weight is 249 g/mol. The quantitative estimate of drug-likeness (QED) is 0.782. The van der Waals surface area contributed by atoms with E-state index < -0.39 is 0 Å². The molecule has 5 nitrogen and oxygen atoms in total. The fourth-order valence-electron chi connectivity index (χ4n) is 2.00. The number of carbonyl (C=O) groups excluding carboxylic acids is 1. The van der Waals surface area contributed by atoms with Crippen molar-refractivity contribution >= 4 is 17.3 Å². The fraction of sp³-hybridized carbons (Fsp3) is 0.462. The predicted molar refractivity (Wildman–Crippen MR) is 71.3 cm³/mol. The van der Waals surface area contributed by atoms with Gasteiger partial charge in [-0.25, -0.2) is 0 Å². The third-order valence-electron chi connectivity index (χ3n) is 2.96. The molecule has 1 aliphatic heterocycles. The van der Waals surface area contributed by atoms with Crippen LogP contribution in [0, 0.1) is 0 Å². The second-order valence-corrected chi connectivity index (χ2v) is 4.43. The van der Waals surface area contributed by atoms with Crippen molar-refractivity contribution in [3.05, 3.63) is 24.3 Å². The van der Waals surface area contributed by atoms with E-state index in [1.165, 1.54) is 0 Å². The van der Waals surface area contributed by atoms with Crippen molar-refractivity contribution in [3.63, 3.8) is 0 Å². The van der Waals surface area contributed by atoms with Gasteiger partial charge in [-0.15, -0.1) is 0 Å². The Morgan fingerprint density at radius 1 is 1.44 bits per heavy atom. The number of anilines is 2. The third kappa shape index (κ3) is 3.13. The monoisotopic (exact) mass is 249 g/mol. The van der Waals surface area contributed by atoms with Crippen molar-refractivity contribution in [1.82, 2.24) is 4.90 Å². The van der Waals surface area contributed by atoms with E-state index >= 15 is 0 Å². The lowest BCUT2D eigenvalue weighted by Crippen LogP contribution is -2.46. The highest BCUT2D eigenvalue weighted by Crippen LogP contribution is 2.14. The normalized spacial score (nSPS) is 17.3. The maximum absolute atomic E-state index is 12.2. The number of benzene rings is 1. The highest BCUT2D eigenvalue weighted by atomic mass is 16.5. The SMILES string of the molecule is CC(Nc1cccc(N)c1)C(=O)N1CCOCC1. The molecule has 2 rings (SSSR count). The molecule has 98 valence electrons. The molecule has 3 N–H and O–H groups in total. The van der Waals surface area contributed by atoms with Crippen LogP contribution in [0.5, 0.6) is 0 Å². The van der Waals surface area contributed by atoms with Gasteiger partial charge < -0.3 is 20.7 Å². The van der Waals surface area contributed by atoms with Crippen LogP contribution in [0.15, 0.2) is 24.3 Å². The molecule has 0 spiro atoms. The summed E-state index contributed by atoms with van der Waals surface area (Å²) in [6.07, 6.45) is 0. The van der Waals surface area contributed by atoms with Gasteiger partial charge in [0.2, 0.25) is 5.91 Å². The summed E-state index contributed by atoms with van der Waals surface area (Å²) in [6.45, 7) is 4.44. The molecule has 0 aromatic heterocycles. The van der Waals surface area contributed by atoms with Crippen molar-refractivity contribution in [2.24, 2.45) is 0 Å². The summed E-state index contributed by atoms with van der Waals surface area (Å²) in [4.78, 5) is 14.0. The number of nitrogens with two attached hydrogens (primary N) is 1. The number of hydrogen-bond acceptors (Lipinski definition) is 4. The summed E-state index contributed by atoms with van der Waals surface area (Å²) in [6, 6.07) is 7.15. The van der Waals surface area contributed by atoms with E-state index in [1.807, 2.05) is 36.1 Å². The van der Waals surface area contributed by atoms with Crippen LogP contribution in [0.25, 0.3) is 0 Å². The van der Waals surface area contributed by atoms with E-state index in [1.54, 1.807) is 0 Å². The molecule has 1 saturated heterocycles. The third-order valence-corrected chi connectivity index (χ3v) is 2.96. The summed E-state index contributed by atoms with van der Waals surface area (Å²) < 4.78 is 5.23. The van der Waals surface area contributed by atoms with E-state index in [4.69, 9.17) is 10.5 Å². The zero-order valence-corrected chi connectivity index (χ0v) is 10.6. The predicted octanol–water partition coefficient (Wildman–Crippen LogP) is 0.928. The zero-order chi connectivity index (χ0) is 13.0. The number of carbonyl (C=O) groups is 1. The first-order valence-corrected chi connectivity index (χ1v) is 6.15. The Hall–Kier alpha value is -1.75. The molecule has 0 saturated carbocycles. The molecule has 0 aliphatic carbocycles. The summed E-state index contributed by atoms with van der Waals surface area (Å²) in [5, 5.41) is 3.17. The van der Waals surface area contributed by atoms with Crippen molar-refractivity contribution in [1.29, 1.82) is 0 Å². The molecule has 1 atom stereocenters. The molecule has 1 aromatic rings. The molecular weight excluding hydrogens is 230 g/mol. The zero-order valence-electron chi connectivity index (χ0n) is 10.6. The molecule has 5 heteroatoms. The van der Waals surface area contributed by atoms with Gasteiger partial charge in [0, 0.05) is 24.5 Å². The standard InChI is InChI=1S/C13H19N3O2/c1-10(13(17)16-5-7-18-8-6-16)15-12-4-2-3-11(14)9-12/h2-4,9-10,15H,5-8,14H2,1H3. The van der Waals surface area contributed by atoms with E-state index in [0.29, 0.717) is 32.0 Å². The van der Waals surface area contributed by atoms with Crippen LogP contribution in [-0.2, 0) is 9.53 Å². The lowest BCUT2D eigenvalue weighted by molar-refractivity contribution is -0.135. The van der Waals surface area contributed by atoms with Gasteiger partial charge in [-0.2, -0.15) is 0 Å². The summed E-state index contributed by atoms with van der Waals surface area (Å²) in [5.74, 6) is 0.0979. The Kier molecular flexibility index (Phi) is 4.04. The Morgan fingerprint density at radius 2 is 2.17 bits per heavy atom. The van der Waals surface area contributed by atoms with Gasteiger partial charge >= 0.3 is 0 Å². The van der Waals surface area contributed by atoms with Gasteiger partial charge in [-0.05, 0) is 25.1 Å². The summed E-state index contributed by atoms with van der Waals surface area (Å²) in [7, 11) is 0. The number of nitrogens with one attached hydrogen (secondary N) is 1. The van der Waals surface area contributed by atoms with Gasteiger partial charge in [0.05, 0.1) is 13.2 Å². The topological polar surface area (TPSA) is 67.6 Å². The van der Waals surface area contributed by atoms with Crippen molar-refractivity contribution in [3.8, 4) is 0 Å². The second kappa shape index (κ2) is 5.73. The maximum Gasteiger partial charge on any atom is 0.244 e. The van der Waals surface area contributed by atoms with E-state index in [9.17, 15) is 4.79 Å². The van der Waals surface area contributed by atoms with Gasteiger partial charge in [-0.3, -0.25) is 4.79 Å². The van der Waals surface area contributed by atoms with E-state index in [0.717, 1.165) is 5.69 Å². The lowest BCUT2D eigenvalue weighted by atomic mass is 10.2. The largest absolute Gasteiger partial charge is 0.399 e. The number of morpholine rings is 1. The molecule has 18 heavy (non-hydrogen) atoms. The van der Waals surface area contributed by atoms with Crippen LogP contribution in [0.3, 0.4) is 0 Å². The van der Waals surface area contributed by atoms with Crippen molar-refractivity contribution in [2.45, 2.75) is 13.0 Å². The van der Waals surface area contributed by atoms with Crippen molar-refractivity contribution in [2.75, 3.05) is 37.4 Å². The van der Waals surface area contributed by atoms with E-state index in [-0.39, 0.29) is 11.9 Å². The van der Waals surface area contributed by atoms with Crippen LogP contribution < -0.4 is 11.1 Å². The average Bonchev–Trinajstić information content (AvgIpc) is 2.39.